The molecule has 1 unspecified atom stereocenters. The molecular weight excluding hydrogens is 594 g/mol. The van der Waals surface area contributed by atoms with E-state index in [0.717, 1.165) is 6.42 Å². The van der Waals surface area contributed by atoms with Gasteiger partial charge in [0.25, 0.3) is 0 Å². The Kier molecular flexibility index (Phi) is 6.76. The molecule has 0 amide bonds. The number of hydrogen-bond acceptors (Lipinski definition) is 2. The zero-order valence-electron chi connectivity index (χ0n) is 15.7. The van der Waals surface area contributed by atoms with E-state index in [-0.39, 0.29) is 24.8 Å². The van der Waals surface area contributed by atoms with Crippen molar-refractivity contribution in [1.29, 1.82) is 0 Å². The van der Waals surface area contributed by atoms with Gasteiger partial charge in [0.05, 0.1) is 0 Å². The SMILES string of the molecule is [Cl-].[Cl-].[S]=[Zr+2]([c]1cccc2c1Cc1ccccc1-2)[c]1cccc2c1C1=CC(Br)SC1=C2. The van der Waals surface area contributed by atoms with Crippen LogP contribution in [0.4, 0.5) is 0 Å². The van der Waals surface area contributed by atoms with Crippen molar-refractivity contribution in [2.24, 2.45) is 0 Å². The molecule has 1 aliphatic heterocycles. The first kappa shape index (κ1) is 22.8. The van der Waals surface area contributed by atoms with Gasteiger partial charge in [-0.3, -0.25) is 0 Å². The summed E-state index contributed by atoms with van der Waals surface area (Å²) >= 11 is 3.21. The summed E-state index contributed by atoms with van der Waals surface area (Å²) < 4.78 is 3.32. The van der Waals surface area contributed by atoms with Gasteiger partial charge in [0.1, 0.15) is 0 Å². The quantitative estimate of drug-likeness (QED) is 0.297. The van der Waals surface area contributed by atoms with E-state index in [0.29, 0.717) is 4.16 Å². The number of allylic oxidation sites excluding steroid dienone is 1. The van der Waals surface area contributed by atoms with Crippen LogP contribution in [0.5, 0.6) is 0 Å². The molecule has 0 radical (unpaired) electrons. The summed E-state index contributed by atoms with van der Waals surface area (Å²) in [6, 6.07) is 22.4. The molecule has 0 spiro atoms. The normalized spacial score (nSPS) is 16.6. The topological polar surface area (TPSA) is 0 Å². The second-order valence-corrected chi connectivity index (χ2v) is 16.8. The van der Waals surface area contributed by atoms with Crippen molar-refractivity contribution in [1.82, 2.24) is 0 Å². The molecule has 1 atom stereocenters. The third-order valence-electron chi connectivity index (χ3n) is 5.80. The Bertz CT molecular complexity index is 1270. The molecule has 6 rings (SSSR count). The van der Waals surface area contributed by atoms with E-state index in [1.165, 1.54) is 50.4 Å². The van der Waals surface area contributed by atoms with Crippen molar-refractivity contribution in [3.8, 4) is 11.1 Å². The molecule has 148 valence electrons. The Morgan fingerprint density at radius 2 is 1.63 bits per heavy atom. The van der Waals surface area contributed by atoms with E-state index in [4.69, 9.17) is 8.86 Å². The van der Waals surface area contributed by atoms with E-state index in [1.54, 1.807) is 0 Å². The van der Waals surface area contributed by atoms with Gasteiger partial charge in [0.15, 0.2) is 0 Å². The molecule has 0 fully saturated rings. The monoisotopic (exact) mass is 606 g/mol. The van der Waals surface area contributed by atoms with Gasteiger partial charge in [-0.05, 0) is 0 Å². The van der Waals surface area contributed by atoms with Crippen LogP contribution in [0.1, 0.15) is 22.3 Å². The molecule has 3 aromatic carbocycles. The fourth-order valence-electron chi connectivity index (χ4n) is 4.59. The van der Waals surface area contributed by atoms with Crippen LogP contribution in [0.25, 0.3) is 22.8 Å². The van der Waals surface area contributed by atoms with Crippen LogP contribution in [-0.2, 0) is 26.1 Å². The number of halogens is 3. The Morgan fingerprint density at radius 1 is 0.900 bits per heavy atom. The summed E-state index contributed by atoms with van der Waals surface area (Å²) in [5, 5.41) is 0. The first-order valence-corrected chi connectivity index (χ1v) is 17.0. The Labute approximate surface area is 212 Å². The predicted molar refractivity (Wildman–Crippen MR) is 124 cm³/mol. The number of fused-ring (bicyclic) bond motifs is 6. The fourth-order valence-corrected chi connectivity index (χ4v) is 12.9. The summed E-state index contributed by atoms with van der Waals surface area (Å²) in [6.45, 7) is 0. The summed E-state index contributed by atoms with van der Waals surface area (Å²) in [7, 11) is 6.38. The molecule has 1 heterocycles. The van der Waals surface area contributed by atoms with Crippen LogP contribution >= 0.6 is 36.5 Å². The molecule has 3 aromatic rings. The number of benzene rings is 3. The van der Waals surface area contributed by atoms with Crippen LogP contribution in [0.2, 0.25) is 0 Å². The average molecular weight is 610 g/mol. The molecule has 0 N–H and O–H groups in total. The van der Waals surface area contributed by atoms with Gasteiger partial charge in [-0.15, -0.1) is 0 Å². The maximum absolute atomic E-state index is 6.38. The Morgan fingerprint density at radius 3 is 2.50 bits per heavy atom. The number of hydrogen-bond donors (Lipinski definition) is 0. The molecule has 2 aliphatic carbocycles. The van der Waals surface area contributed by atoms with Crippen molar-refractivity contribution in [3.63, 3.8) is 0 Å². The van der Waals surface area contributed by atoms with E-state index in [2.05, 4.69) is 88.7 Å². The van der Waals surface area contributed by atoms with Crippen LogP contribution < -0.4 is 31.4 Å². The van der Waals surface area contributed by atoms with Gasteiger partial charge in [0.2, 0.25) is 0 Å². The van der Waals surface area contributed by atoms with Gasteiger partial charge in [-0.1, -0.05) is 0 Å². The Hall–Kier alpha value is -0.347. The predicted octanol–water partition coefficient (Wildman–Crippen LogP) is 0.153. The van der Waals surface area contributed by atoms with Crippen LogP contribution in [-0.4, -0.2) is 4.16 Å². The van der Waals surface area contributed by atoms with Gasteiger partial charge in [0, 0.05) is 0 Å². The van der Waals surface area contributed by atoms with Gasteiger partial charge in [-0.25, -0.2) is 0 Å². The number of rotatable bonds is 2. The van der Waals surface area contributed by atoms with E-state index < -0.39 is 19.7 Å². The Balaban J connectivity index is 0.00000109. The second-order valence-electron chi connectivity index (χ2n) is 7.32. The van der Waals surface area contributed by atoms with Gasteiger partial charge in [-0.2, -0.15) is 0 Å². The van der Waals surface area contributed by atoms with E-state index in [9.17, 15) is 0 Å². The van der Waals surface area contributed by atoms with Crippen molar-refractivity contribution < 1.29 is 44.5 Å². The zero-order chi connectivity index (χ0) is 18.8. The molecule has 0 nitrogen and oxygen atoms in total. The summed E-state index contributed by atoms with van der Waals surface area (Å²) in [6.07, 6.45) is 5.72. The molecule has 0 saturated carbocycles. The van der Waals surface area contributed by atoms with Crippen molar-refractivity contribution in [2.45, 2.75) is 10.6 Å². The molecule has 0 saturated heterocycles. The van der Waals surface area contributed by atoms with Crippen molar-refractivity contribution in [3.05, 3.63) is 93.9 Å². The van der Waals surface area contributed by atoms with Crippen molar-refractivity contribution >= 4 is 54.7 Å². The van der Waals surface area contributed by atoms with Crippen LogP contribution in [0, 0.1) is 0 Å². The zero-order valence-corrected chi connectivity index (χ0v) is 22.9. The fraction of sp³-hybridized carbons (Fsp3) is 0.0833. The van der Waals surface area contributed by atoms with E-state index >= 15 is 0 Å². The average Bonchev–Trinajstić information content (AvgIpc) is 3.36. The maximum atomic E-state index is 6.38. The first-order chi connectivity index (χ1) is 13.7. The standard InChI is InChI=1S/C13H9.C11H6BrS.2ClH.S.Zr/c1-3-7-12-10(5-1)9-11-6-2-4-8-13(11)12;12-11-6-9-8-4-2-1-3-7(8)5-10(9)13-11;;;;/h1-5,7-8H,9H2;1-3,5-6,11H;2*1H;;/q;;;;;+2/p-2. The number of thioether (sulfide) groups is 1. The summed E-state index contributed by atoms with van der Waals surface area (Å²) in [4.78, 5) is 1.39. The molecular formula is C24H15BrCl2S2Zr. The molecule has 30 heavy (non-hydrogen) atoms. The van der Waals surface area contributed by atoms with Gasteiger partial charge < -0.3 is 24.8 Å². The summed E-state index contributed by atoms with van der Waals surface area (Å²) in [5.41, 5.74) is 9.90. The summed E-state index contributed by atoms with van der Waals surface area (Å²) in [5.74, 6) is 0. The molecule has 0 aromatic heterocycles. The minimum absolute atomic E-state index is 0. The third-order valence-corrected chi connectivity index (χ3v) is 14.8. The molecule has 3 aliphatic rings. The van der Waals surface area contributed by atoms with Crippen LogP contribution in [0.15, 0.2) is 71.6 Å². The number of alkyl halides is 1. The van der Waals surface area contributed by atoms with Crippen LogP contribution in [0.3, 0.4) is 0 Å². The second kappa shape index (κ2) is 8.89. The van der Waals surface area contributed by atoms with Crippen molar-refractivity contribution in [2.75, 3.05) is 0 Å². The van der Waals surface area contributed by atoms with Gasteiger partial charge >= 0.3 is 190 Å². The molecule has 6 heteroatoms. The first-order valence-electron chi connectivity index (χ1n) is 9.33. The minimum atomic E-state index is -2.43. The third kappa shape index (κ3) is 3.52. The molecule has 0 bridgehead atoms. The van der Waals surface area contributed by atoms with E-state index in [1.807, 2.05) is 11.8 Å².